The van der Waals surface area contributed by atoms with Crippen molar-refractivity contribution in [3.63, 3.8) is 0 Å². The maximum atomic E-state index is 14.4. The smallest absolute Gasteiger partial charge is 0.397 e. The summed E-state index contributed by atoms with van der Waals surface area (Å²) >= 11 is 5.15. The Morgan fingerprint density at radius 2 is 1.80 bits per heavy atom. The zero-order valence-electron chi connectivity index (χ0n) is 16.1. The molecule has 0 radical (unpaired) electrons. The molecule has 168 valence electrons. The highest BCUT2D eigenvalue weighted by Gasteiger charge is 2.63. The van der Waals surface area contributed by atoms with Crippen molar-refractivity contribution in [2.45, 2.75) is 39.6 Å². The van der Waals surface area contributed by atoms with Gasteiger partial charge in [0.25, 0.3) is 0 Å². The minimum atomic E-state index is -4.85. The van der Waals surface area contributed by atoms with Gasteiger partial charge in [0.1, 0.15) is 10.6 Å². The largest absolute Gasteiger partial charge is 0.431 e. The Morgan fingerprint density at radius 3 is 2.33 bits per heavy atom. The number of allylic oxidation sites excluding steroid dienone is 2. The van der Waals surface area contributed by atoms with Crippen molar-refractivity contribution < 1.29 is 40.3 Å². The predicted octanol–water partition coefficient (Wildman–Crippen LogP) is 5.62. The van der Waals surface area contributed by atoms with Crippen LogP contribution in [-0.2, 0) is 22.2 Å². The summed E-state index contributed by atoms with van der Waals surface area (Å²) in [5, 5.41) is 1.22. The van der Waals surface area contributed by atoms with Crippen LogP contribution in [0.1, 0.15) is 31.9 Å². The first-order chi connectivity index (χ1) is 13.6. The Labute approximate surface area is 173 Å². The third-order valence-electron chi connectivity index (χ3n) is 5.03. The number of esters is 1. The minimum Gasteiger partial charge on any atom is -0.397 e. The monoisotopic (exact) mass is 461 g/mol. The van der Waals surface area contributed by atoms with E-state index in [2.05, 4.69) is 10.1 Å². The number of alkyl halides is 5. The van der Waals surface area contributed by atoms with Crippen LogP contribution in [0, 0.1) is 28.9 Å². The quantitative estimate of drug-likeness (QED) is 0.423. The summed E-state index contributed by atoms with van der Waals surface area (Å²) < 4.78 is 98.8. The molecule has 1 aromatic rings. The second kappa shape index (κ2) is 8.37. The van der Waals surface area contributed by atoms with Gasteiger partial charge >= 0.3 is 18.3 Å². The third-order valence-corrected chi connectivity index (χ3v) is 5.37. The minimum absolute atomic E-state index is 0.102. The van der Waals surface area contributed by atoms with Crippen molar-refractivity contribution in [2.24, 2.45) is 17.3 Å². The maximum Gasteiger partial charge on any atom is 0.431 e. The highest BCUT2D eigenvalue weighted by molar-refractivity contribution is 6.30. The lowest BCUT2D eigenvalue weighted by Crippen LogP contribution is -2.27. The van der Waals surface area contributed by atoms with Crippen LogP contribution in [0.25, 0.3) is 0 Å². The Kier molecular flexibility index (Phi) is 6.83. The molecule has 0 bridgehead atoms. The van der Waals surface area contributed by atoms with Crippen molar-refractivity contribution in [3.05, 3.63) is 46.0 Å². The van der Waals surface area contributed by atoms with Crippen LogP contribution >= 0.6 is 11.6 Å². The van der Waals surface area contributed by atoms with Gasteiger partial charge in [-0.15, -0.1) is 0 Å². The molecule has 0 heterocycles. The third kappa shape index (κ3) is 4.91. The summed E-state index contributed by atoms with van der Waals surface area (Å²) in [6.45, 7) is 4.78. The van der Waals surface area contributed by atoms with Crippen molar-refractivity contribution in [3.8, 4) is 0 Å². The van der Waals surface area contributed by atoms with Crippen molar-refractivity contribution in [1.29, 1.82) is 0 Å². The van der Waals surface area contributed by atoms with Crippen LogP contribution in [0.3, 0.4) is 0 Å². The first kappa shape index (κ1) is 24.5. The first-order valence-electron chi connectivity index (χ1n) is 8.87. The fourth-order valence-corrected chi connectivity index (χ4v) is 3.28. The van der Waals surface area contributed by atoms with Crippen LogP contribution in [0.4, 0.5) is 30.7 Å². The number of hydrogen-bond donors (Lipinski definition) is 1. The van der Waals surface area contributed by atoms with Gasteiger partial charge in [-0.25, -0.2) is 8.78 Å². The van der Waals surface area contributed by atoms with Crippen LogP contribution in [0.2, 0.25) is 0 Å². The fraction of sp³-hybridized carbons (Fsp3) is 0.526. The Balaban J connectivity index is 2.21. The van der Waals surface area contributed by atoms with Crippen LogP contribution in [0.15, 0.2) is 23.2 Å². The average Bonchev–Trinajstić information content (AvgIpc) is 3.15. The molecule has 3 nitrogen and oxygen atoms in total. The van der Waals surface area contributed by atoms with Gasteiger partial charge in [0.05, 0.1) is 5.92 Å². The summed E-state index contributed by atoms with van der Waals surface area (Å²) in [5.74, 6) is -7.42. The average molecular weight is 462 g/mol. The van der Waals surface area contributed by atoms with E-state index in [4.69, 9.17) is 11.6 Å². The van der Waals surface area contributed by atoms with Gasteiger partial charge in [-0.3, -0.25) is 4.79 Å². The fourth-order valence-electron chi connectivity index (χ4n) is 3.15. The molecule has 0 aromatic heterocycles. The topological polar surface area (TPSA) is 38.3 Å². The van der Waals surface area contributed by atoms with E-state index in [0.29, 0.717) is 18.7 Å². The van der Waals surface area contributed by atoms with E-state index < -0.39 is 57.7 Å². The number of benzene rings is 1. The molecular weight excluding hydrogens is 443 g/mol. The molecule has 1 fully saturated rings. The van der Waals surface area contributed by atoms with Crippen LogP contribution in [0.5, 0.6) is 0 Å². The SMILES string of the molecule is CCNCc1ccc(C(F)(F)OC(=O)C2C(C=C(Cl)C(F)(F)F)C2(C)C)c(F)c1F. The van der Waals surface area contributed by atoms with Gasteiger partial charge in [0.2, 0.25) is 0 Å². The van der Waals surface area contributed by atoms with E-state index in [1.165, 1.54) is 13.8 Å². The van der Waals surface area contributed by atoms with E-state index in [9.17, 15) is 35.5 Å². The first-order valence-corrected chi connectivity index (χ1v) is 9.25. The summed E-state index contributed by atoms with van der Waals surface area (Å²) in [6.07, 6.45) is -8.82. The van der Waals surface area contributed by atoms with Crippen molar-refractivity contribution in [2.75, 3.05) is 6.54 Å². The maximum absolute atomic E-state index is 14.4. The van der Waals surface area contributed by atoms with E-state index in [1.54, 1.807) is 6.92 Å². The van der Waals surface area contributed by atoms with Crippen LogP contribution in [-0.4, -0.2) is 18.7 Å². The van der Waals surface area contributed by atoms with Gasteiger partial charge in [0.15, 0.2) is 11.6 Å². The molecule has 2 unspecified atom stereocenters. The lowest BCUT2D eigenvalue weighted by atomic mass is 10.1. The zero-order valence-corrected chi connectivity index (χ0v) is 16.9. The molecule has 1 saturated carbocycles. The number of carbonyl (C=O) groups is 1. The molecule has 30 heavy (non-hydrogen) atoms. The lowest BCUT2D eigenvalue weighted by Gasteiger charge is -2.19. The Bertz CT molecular complexity index is 852. The molecule has 0 spiro atoms. The van der Waals surface area contributed by atoms with Gasteiger partial charge < -0.3 is 10.1 Å². The number of rotatable bonds is 7. The van der Waals surface area contributed by atoms with Gasteiger partial charge in [0, 0.05) is 12.1 Å². The Hall–Kier alpha value is -1.81. The molecule has 0 aliphatic heterocycles. The zero-order chi connectivity index (χ0) is 23.1. The molecule has 1 aromatic carbocycles. The van der Waals surface area contributed by atoms with Crippen molar-refractivity contribution >= 4 is 17.6 Å². The summed E-state index contributed by atoms with van der Waals surface area (Å²) in [4.78, 5) is 12.2. The van der Waals surface area contributed by atoms with E-state index >= 15 is 0 Å². The van der Waals surface area contributed by atoms with E-state index in [-0.39, 0.29) is 12.1 Å². The van der Waals surface area contributed by atoms with Gasteiger partial charge in [-0.1, -0.05) is 44.5 Å². The number of hydrogen-bond acceptors (Lipinski definition) is 3. The molecule has 2 atom stereocenters. The lowest BCUT2D eigenvalue weighted by molar-refractivity contribution is -0.243. The second-order valence-corrected chi connectivity index (χ2v) is 7.86. The number of halogens is 8. The van der Waals surface area contributed by atoms with E-state index in [0.717, 1.165) is 6.07 Å². The highest BCUT2D eigenvalue weighted by Crippen LogP contribution is 2.61. The summed E-state index contributed by atoms with van der Waals surface area (Å²) in [5.41, 5.74) is -2.83. The molecule has 0 amide bonds. The summed E-state index contributed by atoms with van der Waals surface area (Å²) in [6, 6.07) is 1.52. The number of carbonyl (C=O) groups excluding carboxylic acids is 1. The molecule has 0 saturated heterocycles. The normalized spacial score (nSPS) is 21.5. The highest BCUT2D eigenvalue weighted by atomic mass is 35.5. The number of nitrogens with one attached hydrogen (secondary N) is 1. The van der Waals surface area contributed by atoms with Gasteiger partial charge in [-0.2, -0.15) is 22.0 Å². The molecular formula is C19H19ClF7NO2. The van der Waals surface area contributed by atoms with Crippen molar-refractivity contribution in [1.82, 2.24) is 5.32 Å². The predicted molar refractivity (Wildman–Crippen MR) is 94.5 cm³/mol. The standard InChI is InChI=1S/C19H19ClF7NO2/c1-4-28-8-9-5-6-10(15(22)14(9)21)19(26,27)30-16(29)13-11(17(13,2)3)7-12(20)18(23,24)25/h5-7,11,13,28H,4,8H2,1-3H3. The number of ether oxygens (including phenoxy) is 1. The van der Waals surface area contributed by atoms with Gasteiger partial charge in [-0.05, 0) is 23.9 Å². The summed E-state index contributed by atoms with van der Waals surface area (Å²) in [7, 11) is 0. The molecule has 1 aliphatic carbocycles. The molecule has 2 rings (SSSR count). The molecule has 11 heteroatoms. The van der Waals surface area contributed by atoms with E-state index in [1.807, 2.05) is 0 Å². The van der Waals surface area contributed by atoms with Crippen LogP contribution < -0.4 is 5.32 Å². The Morgan fingerprint density at radius 1 is 1.20 bits per heavy atom. The molecule has 1 N–H and O–H groups in total. The molecule has 1 aliphatic rings. The second-order valence-electron chi connectivity index (χ2n) is 7.46.